The molecule has 11 heavy (non-hydrogen) atoms. The lowest BCUT2D eigenvalue weighted by Gasteiger charge is -1.97. The van der Waals surface area contributed by atoms with E-state index in [1.165, 1.54) is 44.9 Å². The second-order valence-corrected chi connectivity index (χ2v) is 3.19. The number of hydrogen-bond donors (Lipinski definition) is 1. The highest BCUT2D eigenvalue weighted by Gasteiger charge is 1.88. The predicted octanol–water partition coefficient (Wildman–Crippen LogP) is 4.14. The van der Waals surface area contributed by atoms with Gasteiger partial charge in [-0.3, -0.25) is 0 Å². The summed E-state index contributed by atoms with van der Waals surface area (Å²) in [5.41, 5.74) is 0. The van der Waals surface area contributed by atoms with E-state index in [0.29, 0.717) is 0 Å². The minimum atomic E-state index is 0. The van der Waals surface area contributed by atoms with Crippen molar-refractivity contribution < 1.29 is 0 Å². The largest absolute Gasteiger partial charge is 0.344 e. The zero-order chi connectivity index (χ0) is 7.66. The average molecular weight is 180 g/mol. The van der Waals surface area contributed by atoms with Gasteiger partial charge in [0.2, 0.25) is 0 Å². The Morgan fingerprint density at radius 2 is 1.27 bits per heavy atom. The Kier molecular flexibility index (Phi) is 16.2. The Hall–Kier alpha value is 0.250. The Bertz CT molecular complexity index is 49.5. The standard InChI is InChI=1S/C9H19Cl.H3N/c1-2-3-4-5-6-7-8-9-10;/h2-9H2,1H3;1H3. The molecule has 0 spiro atoms. The summed E-state index contributed by atoms with van der Waals surface area (Å²) in [6.45, 7) is 2.25. The molecule has 0 aromatic heterocycles. The lowest BCUT2D eigenvalue weighted by molar-refractivity contribution is 0.603. The summed E-state index contributed by atoms with van der Waals surface area (Å²) in [7, 11) is 0. The van der Waals surface area contributed by atoms with Crippen molar-refractivity contribution in [2.45, 2.75) is 51.9 Å². The molecule has 0 radical (unpaired) electrons. The summed E-state index contributed by atoms with van der Waals surface area (Å²) in [6, 6.07) is 0. The van der Waals surface area contributed by atoms with Gasteiger partial charge in [-0.05, 0) is 6.42 Å². The van der Waals surface area contributed by atoms with Crippen LogP contribution in [0, 0.1) is 0 Å². The molecular formula is C9H22ClN. The van der Waals surface area contributed by atoms with Crippen LogP contribution in [0.1, 0.15) is 51.9 Å². The van der Waals surface area contributed by atoms with Crippen molar-refractivity contribution in [2.24, 2.45) is 0 Å². The number of unbranched alkanes of at least 4 members (excludes halogenated alkanes) is 6. The molecule has 0 heterocycles. The molecule has 0 aliphatic heterocycles. The highest BCUT2D eigenvalue weighted by atomic mass is 35.5. The van der Waals surface area contributed by atoms with E-state index < -0.39 is 0 Å². The molecule has 0 bridgehead atoms. The van der Waals surface area contributed by atoms with Crippen LogP contribution in [0.3, 0.4) is 0 Å². The summed E-state index contributed by atoms with van der Waals surface area (Å²) in [6.07, 6.45) is 9.48. The lowest BCUT2D eigenvalue weighted by atomic mass is 10.1. The average Bonchev–Trinajstić information content (AvgIpc) is 1.97. The zero-order valence-electron chi connectivity index (χ0n) is 7.74. The second-order valence-electron chi connectivity index (χ2n) is 2.81. The predicted molar refractivity (Wildman–Crippen MR) is 53.7 cm³/mol. The molecule has 0 saturated heterocycles. The first-order valence-electron chi connectivity index (χ1n) is 4.47. The maximum absolute atomic E-state index is 5.54. The monoisotopic (exact) mass is 179 g/mol. The Balaban J connectivity index is 0. The summed E-state index contributed by atoms with van der Waals surface area (Å²) < 4.78 is 0. The van der Waals surface area contributed by atoms with Gasteiger partial charge in [-0.25, -0.2) is 0 Å². The molecule has 2 heteroatoms. The second kappa shape index (κ2) is 12.9. The Morgan fingerprint density at radius 1 is 0.818 bits per heavy atom. The molecule has 0 amide bonds. The van der Waals surface area contributed by atoms with Gasteiger partial charge < -0.3 is 6.15 Å². The molecule has 0 unspecified atom stereocenters. The van der Waals surface area contributed by atoms with E-state index in [0.717, 1.165) is 5.88 Å². The van der Waals surface area contributed by atoms with E-state index in [1.807, 2.05) is 0 Å². The maximum atomic E-state index is 5.54. The maximum Gasteiger partial charge on any atom is 0.0223 e. The third-order valence-electron chi connectivity index (χ3n) is 1.74. The van der Waals surface area contributed by atoms with Crippen LogP contribution in [0.25, 0.3) is 0 Å². The molecule has 3 N–H and O–H groups in total. The number of rotatable bonds is 7. The quantitative estimate of drug-likeness (QED) is 0.463. The zero-order valence-corrected chi connectivity index (χ0v) is 8.50. The van der Waals surface area contributed by atoms with E-state index in [9.17, 15) is 0 Å². The first-order chi connectivity index (χ1) is 4.91. The van der Waals surface area contributed by atoms with Crippen LogP contribution in [-0.2, 0) is 0 Å². The van der Waals surface area contributed by atoms with Gasteiger partial charge in [0.15, 0.2) is 0 Å². The first-order valence-corrected chi connectivity index (χ1v) is 5.01. The van der Waals surface area contributed by atoms with Gasteiger partial charge in [0.25, 0.3) is 0 Å². The minimum Gasteiger partial charge on any atom is -0.344 e. The van der Waals surface area contributed by atoms with Gasteiger partial charge in [-0.15, -0.1) is 11.6 Å². The first kappa shape index (κ1) is 13.8. The van der Waals surface area contributed by atoms with Gasteiger partial charge in [-0.1, -0.05) is 45.4 Å². The van der Waals surface area contributed by atoms with E-state index in [1.54, 1.807) is 0 Å². The fraction of sp³-hybridized carbons (Fsp3) is 1.00. The van der Waals surface area contributed by atoms with Gasteiger partial charge in [0.1, 0.15) is 0 Å². The number of hydrogen-bond acceptors (Lipinski definition) is 1. The van der Waals surface area contributed by atoms with Crippen molar-refractivity contribution >= 4 is 11.6 Å². The smallest absolute Gasteiger partial charge is 0.0223 e. The SMILES string of the molecule is CCCCCCCCCCl.N. The van der Waals surface area contributed by atoms with Crippen LogP contribution < -0.4 is 6.15 Å². The van der Waals surface area contributed by atoms with Crippen molar-refractivity contribution in [1.29, 1.82) is 0 Å². The molecule has 0 aromatic rings. The van der Waals surface area contributed by atoms with Gasteiger partial charge in [0.05, 0.1) is 0 Å². The third kappa shape index (κ3) is 13.3. The van der Waals surface area contributed by atoms with Gasteiger partial charge >= 0.3 is 0 Å². The summed E-state index contributed by atoms with van der Waals surface area (Å²) in [5.74, 6) is 0.841. The van der Waals surface area contributed by atoms with Crippen LogP contribution in [0.2, 0.25) is 0 Å². The van der Waals surface area contributed by atoms with E-state index in [4.69, 9.17) is 11.6 Å². The van der Waals surface area contributed by atoms with Crippen molar-refractivity contribution in [2.75, 3.05) is 5.88 Å². The highest BCUT2D eigenvalue weighted by molar-refractivity contribution is 6.17. The Labute approximate surface area is 76.1 Å². The van der Waals surface area contributed by atoms with Gasteiger partial charge in [0, 0.05) is 5.88 Å². The Morgan fingerprint density at radius 3 is 1.73 bits per heavy atom. The molecule has 0 rings (SSSR count). The molecular weight excluding hydrogens is 158 g/mol. The third-order valence-corrected chi connectivity index (χ3v) is 2.00. The summed E-state index contributed by atoms with van der Waals surface area (Å²) in [4.78, 5) is 0. The fourth-order valence-electron chi connectivity index (χ4n) is 1.05. The molecule has 0 saturated carbocycles. The van der Waals surface area contributed by atoms with Crippen molar-refractivity contribution in [3.63, 3.8) is 0 Å². The molecule has 0 atom stereocenters. The molecule has 0 fully saturated rings. The highest BCUT2D eigenvalue weighted by Crippen LogP contribution is 2.06. The van der Waals surface area contributed by atoms with Crippen LogP contribution in [0.4, 0.5) is 0 Å². The van der Waals surface area contributed by atoms with Gasteiger partial charge in [-0.2, -0.15) is 0 Å². The van der Waals surface area contributed by atoms with Crippen LogP contribution in [0.5, 0.6) is 0 Å². The van der Waals surface area contributed by atoms with Crippen LogP contribution in [-0.4, -0.2) is 5.88 Å². The lowest BCUT2D eigenvalue weighted by Crippen LogP contribution is -1.79. The summed E-state index contributed by atoms with van der Waals surface area (Å²) in [5, 5.41) is 0. The van der Waals surface area contributed by atoms with Crippen molar-refractivity contribution in [3.05, 3.63) is 0 Å². The normalized spacial score (nSPS) is 9.27. The van der Waals surface area contributed by atoms with Crippen LogP contribution >= 0.6 is 11.6 Å². The van der Waals surface area contributed by atoms with Crippen molar-refractivity contribution in [1.82, 2.24) is 6.15 Å². The molecule has 1 nitrogen and oxygen atoms in total. The number of halogens is 1. The van der Waals surface area contributed by atoms with E-state index in [2.05, 4.69) is 6.92 Å². The number of alkyl halides is 1. The topological polar surface area (TPSA) is 35.0 Å². The van der Waals surface area contributed by atoms with Crippen molar-refractivity contribution in [3.8, 4) is 0 Å². The van der Waals surface area contributed by atoms with E-state index >= 15 is 0 Å². The fourth-order valence-corrected chi connectivity index (χ4v) is 1.24. The molecule has 0 aliphatic rings. The summed E-state index contributed by atoms with van der Waals surface area (Å²) >= 11 is 5.54. The van der Waals surface area contributed by atoms with E-state index in [-0.39, 0.29) is 6.15 Å². The molecule has 0 aliphatic carbocycles. The van der Waals surface area contributed by atoms with Crippen LogP contribution in [0.15, 0.2) is 0 Å². The minimum absolute atomic E-state index is 0. The molecule has 70 valence electrons. The molecule has 0 aromatic carbocycles.